The highest BCUT2D eigenvalue weighted by atomic mass is 16.5. The van der Waals surface area contributed by atoms with Crippen LogP contribution in [0.4, 0.5) is 0 Å². The van der Waals surface area contributed by atoms with E-state index in [1.165, 1.54) is 16.7 Å². The number of benzene rings is 1. The predicted octanol–water partition coefficient (Wildman–Crippen LogP) is 5.99. The van der Waals surface area contributed by atoms with Gasteiger partial charge in [-0.2, -0.15) is 0 Å². The summed E-state index contributed by atoms with van der Waals surface area (Å²) >= 11 is 0. The molecule has 0 bridgehead atoms. The highest BCUT2D eigenvalue weighted by molar-refractivity contribution is 5.88. The van der Waals surface area contributed by atoms with Crippen LogP contribution in [-0.4, -0.2) is 7.11 Å². The van der Waals surface area contributed by atoms with Crippen LogP contribution >= 0.6 is 0 Å². The summed E-state index contributed by atoms with van der Waals surface area (Å²) < 4.78 is 5.57. The number of hydrogen-bond acceptors (Lipinski definition) is 3. The van der Waals surface area contributed by atoms with Crippen molar-refractivity contribution in [2.24, 2.45) is 5.18 Å². The molecule has 0 aromatic heterocycles. The quantitative estimate of drug-likeness (QED) is 0.495. The van der Waals surface area contributed by atoms with Crippen LogP contribution in [0.5, 0.6) is 5.75 Å². The van der Waals surface area contributed by atoms with Gasteiger partial charge in [0.1, 0.15) is 11.4 Å². The summed E-state index contributed by atoms with van der Waals surface area (Å²) in [5, 5.41) is 3.19. The van der Waals surface area contributed by atoms with E-state index in [4.69, 9.17) is 4.74 Å². The summed E-state index contributed by atoms with van der Waals surface area (Å²) in [6, 6.07) is 2.05. The van der Waals surface area contributed by atoms with Crippen molar-refractivity contribution in [3.8, 4) is 5.75 Å². The van der Waals surface area contributed by atoms with Gasteiger partial charge in [-0.3, -0.25) is 0 Å². The Labute approximate surface area is 138 Å². The molecule has 0 spiro atoms. The Morgan fingerprint density at radius 2 is 2.13 bits per heavy atom. The van der Waals surface area contributed by atoms with Gasteiger partial charge in [-0.25, -0.2) is 0 Å². The van der Waals surface area contributed by atoms with E-state index in [1.54, 1.807) is 7.11 Å². The number of ether oxygens (including phenoxy) is 1. The van der Waals surface area contributed by atoms with Gasteiger partial charge >= 0.3 is 0 Å². The van der Waals surface area contributed by atoms with Crippen molar-refractivity contribution in [1.82, 2.24) is 0 Å². The van der Waals surface area contributed by atoms with Crippen LogP contribution in [0.1, 0.15) is 61.8 Å². The fourth-order valence-corrected chi connectivity index (χ4v) is 3.19. The highest BCUT2D eigenvalue weighted by Gasteiger charge is 2.25. The van der Waals surface area contributed by atoms with Crippen molar-refractivity contribution in [3.63, 3.8) is 0 Å². The molecule has 0 saturated heterocycles. The van der Waals surface area contributed by atoms with Gasteiger partial charge in [0.25, 0.3) is 0 Å². The lowest BCUT2D eigenvalue weighted by atomic mass is 9.81. The van der Waals surface area contributed by atoms with E-state index < -0.39 is 0 Å². The van der Waals surface area contributed by atoms with Crippen molar-refractivity contribution < 1.29 is 4.74 Å². The molecule has 0 heterocycles. The average molecular weight is 311 g/mol. The first kappa shape index (κ1) is 17.2. The molecule has 1 aliphatic rings. The minimum Gasteiger partial charge on any atom is -0.496 e. The van der Waals surface area contributed by atoms with Crippen LogP contribution in [0.2, 0.25) is 0 Å². The van der Waals surface area contributed by atoms with E-state index in [0.29, 0.717) is 23.8 Å². The summed E-state index contributed by atoms with van der Waals surface area (Å²) in [6.45, 7) is 12.7. The number of hydrogen-bond donors (Lipinski definition) is 0. The molecule has 1 aliphatic carbocycles. The standard InChI is InChI=1S/C20H25NO2/c1-12(2)7-8-13(3)16-11-18(23-6)20-17(21-22)10-9-14(4)19(20)15(16)5/h7,10-11,13H,4,8-9H2,1-3,5-6H3. The van der Waals surface area contributed by atoms with Gasteiger partial charge in [-0.15, -0.1) is 4.91 Å². The number of fused-ring (bicyclic) bond motifs is 1. The van der Waals surface area contributed by atoms with Crippen LogP contribution in [0.25, 0.3) is 11.3 Å². The zero-order valence-electron chi connectivity index (χ0n) is 14.7. The molecule has 2 rings (SSSR count). The van der Waals surface area contributed by atoms with Crippen LogP contribution in [0, 0.1) is 11.8 Å². The van der Waals surface area contributed by atoms with Crippen LogP contribution in [0.3, 0.4) is 0 Å². The third-order valence-corrected chi connectivity index (χ3v) is 4.47. The second-order valence-corrected chi connectivity index (χ2v) is 6.45. The molecule has 1 aromatic rings. The van der Waals surface area contributed by atoms with Crippen molar-refractivity contribution >= 4 is 11.3 Å². The highest BCUT2D eigenvalue weighted by Crippen LogP contribution is 2.44. The second-order valence-electron chi connectivity index (χ2n) is 6.45. The molecule has 1 aromatic carbocycles. The number of nitrogens with zero attached hydrogens (tertiary/aromatic N) is 1. The van der Waals surface area contributed by atoms with Crippen molar-refractivity contribution in [2.45, 2.75) is 46.5 Å². The molecule has 0 radical (unpaired) electrons. The fraction of sp³-hybridized carbons (Fsp3) is 0.400. The van der Waals surface area contributed by atoms with E-state index in [0.717, 1.165) is 23.1 Å². The summed E-state index contributed by atoms with van der Waals surface area (Å²) in [4.78, 5) is 11.2. The van der Waals surface area contributed by atoms with Crippen molar-refractivity contribution in [3.05, 3.63) is 57.5 Å². The lowest BCUT2D eigenvalue weighted by Crippen LogP contribution is -2.08. The second kappa shape index (κ2) is 6.95. The largest absolute Gasteiger partial charge is 0.496 e. The van der Waals surface area contributed by atoms with Gasteiger partial charge in [0.15, 0.2) is 0 Å². The normalized spacial score (nSPS) is 14.7. The van der Waals surface area contributed by atoms with E-state index >= 15 is 0 Å². The number of nitroso groups, excluding NO2 is 1. The first-order valence-electron chi connectivity index (χ1n) is 7.97. The topological polar surface area (TPSA) is 38.7 Å². The fourth-order valence-electron chi connectivity index (χ4n) is 3.19. The molecule has 3 nitrogen and oxygen atoms in total. The first-order chi connectivity index (χ1) is 10.9. The maximum atomic E-state index is 11.2. The maximum absolute atomic E-state index is 11.2. The molecule has 3 heteroatoms. The Bertz CT molecular complexity index is 707. The molecule has 0 saturated carbocycles. The lowest BCUT2D eigenvalue weighted by Gasteiger charge is -2.25. The Morgan fingerprint density at radius 3 is 2.70 bits per heavy atom. The van der Waals surface area contributed by atoms with E-state index in [-0.39, 0.29) is 0 Å². The third kappa shape index (κ3) is 3.29. The minimum atomic E-state index is 0.371. The van der Waals surface area contributed by atoms with Crippen LogP contribution in [0.15, 0.2) is 35.5 Å². The molecule has 1 atom stereocenters. The van der Waals surface area contributed by atoms with Gasteiger partial charge in [0, 0.05) is 0 Å². The minimum absolute atomic E-state index is 0.371. The molecule has 0 N–H and O–H groups in total. The summed E-state index contributed by atoms with van der Waals surface area (Å²) in [7, 11) is 1.63. The third-order valence-electron chi connectivity index (χ3n) is 4.47. The van der Waals surface area contributed by atoms with Gasteiger partial charge in [-0.05, 0) is 79.1 Å². The van der Waals surface area contributed by atoms with Gasteiger partial charge in [0.05, 0.1) is 12.7 Å². The summed E-state index contributed by atoms with van der Waals surface area (Å²) in [6.07, 6.45) is 5.71. The van der Waals surface area contributed by atoms with Gasteiger partial charge in [-0.1, -0.05) is 25.2 Å². The maximum Gasteiger partial charge on any atom is 0.129 e. The van der Waals surface area contributed by atoms with E-state index in [2.05, 4.69) is 51.6 Å². The van der Waals surface area contributed by atoms with Crippen molar-refractivity contribution in [2.75, 3.05) is 7.11 Å². The Hall–Kier alpha value is -2.16. The zero-order chi connectivity index (χ0) is 17.1. The molecule has 122 valence electrons. The summed E-state index contributed by atoms with van der Waals surface area (Å²) in [5.74, 6) is 1.08. The van der Waals surface area contributed by atoms with Crippen molar-refractivity contribution in [1.29, 1.82) is 0 Å². The average Bonchev–Trinajstić information content (AvgIpc) is 2.53. The van der Waals surface area contributed by atoms with Gasteiger partial charge in [0.2, 0.25) is 0 Å². The number of rotatable bonds is 5. The molecular weight excluding hydrogens is 286 g/mol. The van der Waals surface area contributed by atoms with Gasteiger partial charge < -0.3 is 4.74 Å². The Balaban J connectivity index is 2.63. The van der Waals surface area contributed by atoms with Crippen LogP contribution in [-0.2, 0) is 0 Å². The number of allylic oxidation sites excluding steroid dienone is 4. The molecule has 1 unspecified atom stereocenters. The SMILES string of the molecule is C=C1CC=C(N=O)c2c(OC)cc(C(C)CC=C(C)C)c(C)c21. The smallest absolute Gasteiger partial charge is 0.129 e. The van der Waals surface area contributed by atoms with E-state index in [9.17, 15) is 4.91 Å². The summed E-state index contributed by atoms with van der Waals surface area (Å²) in [5.41, 5.74) is 7.02. The number of methoxy groups -OCH3 is 1. The Kier molecular flexibility index (Phi) is 5.19. The first-order valence-corrected chi connectivity index (χ1v) is 7.97. The zero-order valence-corrected chi connectivity index (χ0v) is 14.7. The molecule has 0 fully saturated rings. The lowest BCUT2D eigenvalue weighted by molar-refractivity contribution is 0.412. The van der Waals surface area contributed by atoms with Crippen LogP contribution < -0.4 is 4.74 Å². The molecule has 0 aliphatic heterocycles. The molecular formula is C20H25NO2. The predicted molar refractivity (Wildman–Crippen MR) is 97.6 cm³/mol. The monoisotopic (exact) mass is 311 g/mol. The van der Waals surface area contributed by atoms with E-state index in [1.807, 2.05) is 6.08 Å². The molecule has 23 heavy (non-hydrogen) atoms. The Morgan fingerprint density at radius 1 is 1.43 bits per heavy atom. The molecule has 0 amide bonds.